The molecule has 0 saturated carbocycles. The molecule has 0 spiro atoms. The lowest BCUT2D eigenvalue weighted by atomic mass is 9.96. The average Bonchev–Trinajstić information content (AvgIpc) is 2.20. The Labute approximate surface area is 96.7 Å². The molecule has 0 bridgehead atoms. The van der Waals surface area contributed by atoms with Crippen LogP contribution in [0.1, 0.15) is 19.8 Å². The van der Waals surface area contributed by atoms with Gasteiger partial charge in [-0.1, -0.05) is 28.9 Å². The molecule has 0 aromatic heterocycles. The van der Waals surface area contributed by atoms with Crippen molar-refractivity contribution in [2.45, 2.75) is 25.9 Å². The molecule has 2 unspecified atom stereocenters. The fourth-order valence-corrected chi connectivity index (χ4v) is 2.16. The zero-order chi connectivity index (χ0) is 11.4. The summed E-state index contributed by atoms with van der Waals surface area (Å²) < 4.78 is 10.1. The number of halogens is 1. The van der Waals surface area contributed by atoms with Gasteiger partial charge in [-0.2, -0.15) is 0 Å². The highest BCUT2D eigenvalue weighted by molar-refractivity contribution is 9.11. The van der Waals surface area contributed by atoms with Crippen LogP contribution in [0, 0.1) is 5.92 Å². The molecule has 1 aliphatic rings. The van der Waals surface area contributed by atoms with Gasteiger partial charge in [-0.25, -0.2) is 9.59 Å². The highest BCUT2D eigenvalue weighted by Crippen LogP contribution is 2.29. The molecular formula is C10H13BrO4. The Kier molecular flexibility index (Phi) is 4.32. The molecule has 0 saturated heterocycles. The summed E-state index contributed by atoms with van der Waals surface area (Å²) in [6.45, 7) is 2.08. The summed E-state index contributed by atoms with van der Waals surface area (Å²) in [5.74, 6) is -1.44. The highest BCUT2D eigenvalue weighted by Gasteiger charge is 2.26. The number of ether oxygens (including phenoxy) is 2. The number of carbonyl (C=O) groups excluding carboxylic acids is 2. The molecule has 1 aliphatic carbocycles. The fourth-order valence-electron chi connectivity index (χ4n) is 1.39. The van der Waals surface area contributed by atoms with E-state index in [4.69, 9.17) is 4.74 Å². The van der Waals surface area contributed by atoms with Crippen molar-refractivity contribution >= 4 is 27.9 Å². The molecule has 0 radical (unpaired) electrons. The van der Waals surface area contributed by atoms with Gasteiger partial charge in [-0.05, 0) is 18.8 Å². The maximum atomic E-state index is 11.1. The third-order valence-electron chi connectivity index (χ3n) is 2.24. The van der Waals surface area contributed by atoms with Crippen LogP contribution in [0.15, 0.2) is 10.6 Å². The fraction of sp³-hybridized carbons (Fsp3) is 0.600. The molecule has 4 nitrogen and oxygen atoms in total. The number of allylic oxidation sites excluding steroid dienone is 1. The van der Waals surface area contributed by atoms with Gasteiger partial charge in [0.05, 0.1) is 7.11 Å². The predicted octanol–water partition coefficient (Wildman–Crippen LogP) is 1.78. The van der Waals surface area contributed by atoms with Crippen LogP contribution in [-0.2, 0) is 19.1 Å². The van der Waals surface area contributed by atoms with Crippen molar-refractivity contribution in [1.82, 2.24) is 0 Å². The molecule has 0 amide bonds. The van der Waals surface area contributed by atoms with Crippen molar-refractivity contribution in [3.8, 4) is 0 Å². The van der Waals surface area contributed by atoms with Crippen LogP contribution >= 0.6 is 15.9 Å². The summed E-state index contributed by atoms with van der Waals surface area (Å²) in [5.41, 5.74) is 0. The Bertz CT molecular complexity index is 298. The Hall–Kier alpha value is -0.840. The highest BCUT2D eigenvalue weighted by atomic mass is 79.9. The van der Waals surface area contributed by atoms with Crippen LogP contribution in [0.2, 0.25) is 0 Å². The summed E-state index contributed by atoms with van der Waals surface area (Å²) in [6.07, 6.45) is 3.29. The van der Waals surface area contributed by atoms with Gasteiger partial charge in [0.2, 0.25) is 0 Å². The topological polar surface area (TPSA) is 52.6 Å². The van der Waals surface area contributed by atoms with Gasteiger partial charge in [-0.3, -0.25) is 0 Å². The zero-order valence-corrected chi connectivity index (χ0v) is 10.2. The average molecular weight is 277 g/mol. The third-order valence-corrected chi connectivity index (χ3v) is 3.01. The molecule has 0 heterocycles. The largest absolute Gasteiger partial charge is 0.461 e. The molecule has 2 atom stereocenters. The molecular weight excluding hydrogens is 264 g/mol. The summed E-state index contributed by atoms with van der Waals surface area (Å²) in [4.78, 5) is 21.9. The lowest BCUT2D eigenvalue weighted by molar-refractivity contribution is -0.168. The summed E-state index contributed by atoms with van der Waals surface area (Å²) in [6, 6.07) is 0. The van der Waals surface area contributed by atoms with Gasteiger partial charge in [0.25, 0.3) is 0 Å². The quantitative estimate of drug-likeness (QED) is 0.541. The SMILES string of the molecule is COC(=O)C(=O)OC1CCC(C)C=C1Br. The van der Waals surface area contributed by atoms with E-state index in [9.17, 15) is 9.59 Å². The molecule has 0 aromatic carbocycles. The Morgan fingerprint density at radius 3 is 2.60 bits per heavy atom. The molecule has 15 heavy (non-hydrogen) atoms. The minimum Gasteiger partial charge on any atom is -0.461 e. The molecule has 5 heteroatoms. The van der Waals surface area contributed by atoms with Crippen molar-refractivity contribution in [2.75, 3.05) is 7.11 Å². The van der Waals surface area contributed by atoms with Crippen LogP contribution in [0.3, 0.4) is 0 Å². The van der Waals surface area contributed by atoms with E-state index in [0.29, 0.717) is 5.92 Å². The van der Waals surface area contributed by atoms with E-state index in [1.165, 1.54) is 0 Å². The van der Waals surface area contributed by atoms with Crippen molar-refractivity contribution in [1.29, 1.82) is 0 Å². The van der Waals surface area contributed by atoms with E-state index in [2.05, 4.69) is 27.6 Å². The molecule has 0 aliphatic heterocycles. The van der Waals surface area contributed by atoms with Crippen LogP contribution in [0.25, 0.3) is 0 Å². The predicted molar refractivity (Wildman–Crippen MR) is 57.3 cm³/mol. The molecule has 0 fully saturated rings. The standard InChI is InChI=1S/C10H13BrO4/c1-6-3-4-8(7(11)5-6)15-10(13)9(12)14-2/h5-6,8H,3-4H2,1-2H3. The smallest absolute Gasteiger partial charge is 0.418 e. The van der Waals surface area contributed by atoms with E-state index < -0.39 is 11.9 Å². The van der Waals surface area contributed by atoms with Crippen molar-refractivity contribution in [3.63, 3.8) is 0 Å². The van der Waals surface area contributed by atoms with Gasteiger partial charge in [0, 0.05) is 4.48 Å². The number of rotatable bonds is 1. The number of hydrogen-bond donors (Lipinski definition) is 0. The zero-order valence-electron chi connectivity index (χ0n) is 8.66. The normalized spacial score (nSPS) is 25.4. The molecule has 1 rings (SSSR count). The lowest BCUT2D eigenvalue weighted by Gasteiger charge is -2.23. The first-order chi connectivity index (χ1) is 7.04. The Balaban J connectivity index is 2.56. The molecule has 0 N–H and O–H groups in total. The number of methoxy groups -OCH3 is 1. The van der Waals surface area contributed by atoms with E-state index >= 15 is 0 Å². The first-order valence-electron chi connectivity index (χ1n) is 4.70. The van der Waals surface area contributed by atoms with Gasteiger partial charge >= 0.3 is 11.9 Å². The second-order valence-corrected chi connectivity index (χ2v) is 4.41. The lowest BCUT2D eigenvalue weighted by Crippen LogP contribution is -2.27. The minimum absolute atomic E-state index is 0.354. The summed E-state index contributed by atoms with van der Waals surface area (Å²) in [5, 5.41) is 0. The summed E-state index contributed by atoms with van der Waals surface area (Å²) in [7, 11) is 1.15. The molecule has 84 valence electrons. The summed E-state index contributed by atoms with van der Waals surface area (Å²) >= 11 is 3.33. The number of hydrogen-bond acceptors (Lipinski definition) is 4. The minimum atomic E-state index is -0.964. The first-order valence-corrected chi connectivity index (χ1v) is 5.50. The van der Waals surface area contributed by atoms with E-state index in [1.54, 1.807) is 0 Å². The van der Waals surface area contributed by atoms with E-state index in [-0.39, 0.29) is 6.10 Å². The maximum Gasteiger partial charge on any atom is 0.418 e. The second kappa shape index (κ2) is 5.30. The van der Waals surface area contributed by atoms with E-state index in [1.807, 2.05) is 6.08 Å². The van der Waals surface area contributed by atoms with Crippen LogP contribution < -0.4 is 0 Å². The van der Waals surface area contributed by atoms with Gasteiger partial charge in [0.15, 0.2) is 0 Å². The van der Waals surface area contributed by atoms with Crippen LogP contribution in [-0.4, -0.2) is 25.2 Å². The van der Waals surface area contributed by atoms with Crippen LogP contribution in [0.5, 0.6) is 0 Å². The van der Waals surface area contributed by atoms with Gasteiger partial charge in [0.1, 0.15) is 6.10 Å². The maximum absolute atomic E-state index is 11.1. The molecule has 0 aromatic rings. The van der Waals surface area contributed by atoms with Crippen LogP contribution in [0.4, 0.5) is 0 Å². The van der Waals surface area contributed by atoms with Gasteiger partial charge < -0.3 is 9.47 Å². The second-order valence-electron chi connectivity index (χ2n) is 3.49. The Morgan fingerprint density at radius 2 is 2.07 bits per heavy atom. The number of carbonyl (C=O) groups is 2. The van der Waals surface area contributed by atoms with Crippen molar-refractivity contribution < 1.29 is 19.1 Å². The van der Waals surface area contributed by atoms with E-state index in [0.717, 1.165) is 24.4 Å². The van der Waals surface area contributed by atoms with Gasteiger partial charge in [-0.15, -0.1) is 0 Å². The van der Waals surface area contributed by atoms with Crippen molar-refractivity contribution in [2.24, 2.45) is 5.92 Å². The first kappa shape index (κ1) is 12.2. The third kappa shape index (κ3) is 3.34. The monoisotopic (exact) mass is 276 g/mol. The number of esters is 2. The Morgan fingerprint density at radius 1 is 1.40 bits per heavy atom. The van der Waals surface area contributed by atoms with Crippen molar-refractivity contribution in [3.05, 3.63) is 10.6 Å².